The van der Waals surface area contributed by atoms with Gasteiger partial charge >= 0.3 is 6.03 Å². The van der Waals surface area contributed by atoms with Gasteiger partial charge in [-0.3, -0.25) is 0 Å². The zero-order valence-corrected chi connectivity index (χ0v) is 14.8. The smallest absolute Gasteiger partial charge is 0.317 e. The lowest BCUT2D eigenvalue weighted by Crippen LogP contribution is -2.37. The predicted octanol–water partition coefficient (Wildman–Crippen LogP) is 2.66. The number of ether oxygens (including phenoxy) is 3. The summed E-state index contributed by atoms with van der Waals surface area (Å²) in [6, 6.07) is 5.69. The Kier molecular flexibility index (Phi) is 7.18. The van der Waals surface area contributed by atoms with E-state index in [-0.39, 0.29) is 6.03 Å². The van der Waals surface area contributed by atoms with Crippen molar-refractivity contribution in [1.29, 1.82) is 0 Å². The molecule has 1 aromatic carbocycles. The van der Waals surface area contributed by atoms with E-state index in [0.29, 0.717) is 38.8 Å². The Balaban J connectivity index is 1.69. The Morgan fingerprint density at radius 3 is 2.79 bits per heavy atom. The van der Waals surface area contributed by atoms with Crippen molar-refractivity contribution in [3.8, 4) is 11.5 Å². The zero-order valence-electron chi connectivity index (χ0n) is 14.8. The maximum atomic E-state index is 12.1. The first-order valence-corrected chi connectivity index (χ1v) is 8.51. The Hall–Kier alpha value is -1.95. The Morgan fingerprint density at radius 1 is 1.29 bits per heavy atom. The van der Waals surface area contributed by atoms with Gasteiger partial charge in [-0.1, -0.05) is 19.9 Å². The standard InChI is InChI=1S/C18H28N2O4/c1-14(2)13-22-8-4-7-19-18(21)20(3)12-15-5-6-16-17(11-15)24-10-9-23-16/h5-6,11,14H,4,7-10,12-13H2,1-3H3,(H,19,21). The SMILES string of the molecule is CC(C)COCCCNC(=O)N(C)Cc1ccc2c(c1)OCCO2. The van der Waals surface area contributed by atoms with Gasteiger partial charge in [-0.25, -0.2) is 4.79 Å². The highest BCUT2D eigenvalue weighted by Crippen LogP contribution is 2.30. The number of hydrogen-bond acceptors (Lipinski definition) is 4. The first-order chi connectivity index (χ1) is 11.6. The third kappa shape index (κ3) is 5.92. The van der Waals surface area contributed by atoms with Crippen LogP contribution in [0.4, 0.5) is 4.79 Å². The molecule has 0 unspecified atom stereocenters. The van der Waals surface area contributed by atoms with Crippen molar-refractivity contribution in [2.75, 3.05) is 40.0 Å². The second-order valence-electron chi connectivity index (χ2n) is 6.39. The molecule has 1 heterocycles. The second kappa shape index (κ2) is 9.37. The summed E-state index contributed by atoms with van der Waals surface area (Å²) < 4.78 is 16.6. The van der Waals surface area contributed by atoms with Gasteiger partial charge in [0.15, 0.2) is 11.5 Å². The Bertz CT molecular complexity index is 534. The lowest BCUT2D eigenvalue weighted by Gasteiger charge is -2.21. The van der Waals surface area contributed by atoms with E-state index >= 15 is 0 Å². The molecule has 24 heavy (non-hydrogen) atoms. The van der Waals surface area contributed by atoms with Crippen LogP contribution in [0, 0.1) is 5.92 Å². The molecule has 0 bridgehead atoms. The molecule has 0 aliphatic carbocycles. The molecule has 0 spiro atoms. The number of carbonyl (C=O) groups excluding carboxylic acids is 1. The van der Waals surface area contributed by atoms with E-state index in [4.69, 9.17) is 14.2 Å². The summed E-state index contributed by atoms with van der Waals surface area (Å²) in [5, 5.41) is 2.90. The fourth-order valence-corrected chi connectivity index (χ4v) is 2.36. The van der Waals surface area contributed by atoms with Crippen molar-refractivity contribution in [3.63, 3.8) is 0 Å². The molecule has 1 aliphatic rings. The second-order valence-corrected chi connectivity index (χ2v) is 6.39. The van der Waals surface area contributed by atoms with Crippen molar-refractivity contribution in [3.05, 3.63) is 23.8 Å². The highest BCUT2D eigenvalue weighted by Gasteiger charge is 2.14. The number of fused-ring (bicyclic) bond motifs is 1. The number of nitrogens with zero attached hydrogens (tertiary/aromatic N) is 1. The molecule has 0 fully saturated rings. The number of rotatable bonds is 8. The number of benzene rings is 1. The van der Waals surface area contributed by atoms with Gasteiger partial charge in [0.05, 0.1) is 0 Å². The Labute approximate surface area is 144 Å². The molecule has 134 valence electrons. The highest BCUT2D eigenvalue weighted by atomic mass is 16.6. The molecule has 0 aromatic heterocycles. The monoisotopic (exact) mass is 336 g/mol. The third-order valence-electron chi connectivity index (χ3n) is 3.57. The van der Waals surface area contributed by atoms with E-state index in [2.05, 4.69) is 19.2 Å². The van der Waals surface area contributed by atoms with E-state index in [1.807, 2.05) is 18.2 Å². The molecule has 1 aromatic rings. The summed E-state index contributed by atoms with van der Waals surface area (Å²) >= 11 is 0. The van der Waals surface area contributed by atoms with Crippen LogP contribution in [-0.2, 0) is 11.3 Å². The van der Waals surface area contributed by atoms with Crippen molar-refractivity contribution >= 4 is 6.03 Å². The molecule has 6 nitrogen and oxygen atoms in total. The van der Waals surface area contributed by atoms with Crippen molar-refractivity contribution in [2.24, 2.45) is 5.92 Å². The molecular weight excluding hydrogens is 308 g/mol. The van der Waals surface area contributed by atoms with Crippen molar-refractivity contribution < 1.29 is 19.0 Å². The van der Waals surface area contributed by atoms with Crippen LogP contribution in [-0.4, -0.2) is 51.0 Å². The van der Waals surface area contributed by atoms with Gasteiger partial charge < -0.3 is 24.4 Å². The third-order valence-corrected chi connectivity index (χ3v) is 3.57. The number of carbonyl (C=O) groups is 1. The molecule has 2 rings (SSSR count). The lowest BCUT2D eigenvalue weighted by atomic mass is 10.2. The van der Waals surface area contributed by atoms with E-state index in [1.165, 1.54) is 0 Å². The average Bonchev–Trinajstić information content (AvgIpc) is 2.57. The molecule has 2 amide bonds. The minimum absolute atomic E-state index is 0.0891. The number of urea groups is 1. The first kappa shape index (κ1) is 18.4. The van der Waals surface area contributed by atoms with Gasteiger partial charge in [0.25, 0.3) is 0 Å². The minimum atomic E-state index is -0.0891. The molecule has 6 heteroatoms. The summed E-state index contributed by atoms with van der Waals surface area (Å²) in [6.45, 7) is 7.95. The van der Waals surface area contributed by atoms with Gasteiger partial charge in [-0.05, 0) is 30.0 Å². The summed E-state index contributed by atoms with van der Waals surface area (Å²) in [5.74, 6) is 2.05. The van der Waals surface area contributed by atoms with Crippen LogP contribution >= 0.6 is 0 Å². The summed E-state index contributed by atoms with van der Waals surface area (Å²) in [6.07, 6.45) is 0.816. The summed E-state index contributed by atoms with van der Waals surface area (Å²) in [4.78, 5) is 13.7. The van der Waals surface area contributed by atoms with E-state index < -0.39 is 0 Å². The molecule has 0 saturated heterocycles. The summed E-state index contributed by atoms with van der Waals surface area (Å²) in [7, 11) is 1.78. The van der Waals surface area contributed by atoms with Crippen LogP contribution in [0.15, 0.2) is 18.2 Å². The number of amides is 2. The minimum Gasteiger partial charge on any atom is -0.486 e. The largest absolute Gasteiger partial charge is 0.486 e. The quantitative estimate of drug-likeness (QED) is 0.742. The van der Waals surface area contributed by atoms with Gasteiger partial charge in [0.2, 0.25) is 0 Å². The van der Waals surface area contributed by atoms with E-state index in [0.717, 1.165) is 30.1 Å². The molecule has 0 saturated carbocycles. The predicted molar refractivity (Wildman–Crippen MR) is 92.6 cm³/mol. The maximum Gasteiger partial charge on any atom is 0.317 e. The van der Waals surface area contributed by atoms with Crippen LogP contribution in [0.25, 0.3) is 0 Å². The molecule has 0 radical (unpaired) electrons. The van der Waals surface area contributed by atoms with Crippen molar-refractivity contribution in [1.82, 2.24) is 10.2 Å². The van der Waals surface area contributed by atoms with Crippen LogP contribution in [0.3, 0.4) is 0 Å². The van der Waals surface area contributed by atoms with Crippen LogP contribution in [0.2, 0.25) is 0 Å². The normalized spacial score (nSPS) is 13.0. The molecule has 1 N–H and O–H groups in total. The number of hydrogen-bond donors (Lipinski definition) is 1. The Morgan fingerprint density at radius 2 is 2.04 bits per heavy atom. The molecular formula is C18H28N2O4. The fraction of sp³-hybridized carbons (Fsp3) is 0.611. The van der Waals surface area contributed by atoms with Crippen LogP contribution < -0.4 is 14.8 Å². The lowest BCUT2D eigenvalue weighted by molar-refractivity contribution is 0.108. The molecule has 1 aliphatic heterocycles. The summed E-state index contributed by atoms with van der Waals surface area (Å²) in [5.41, 5.74) is 1.01. The maximum absolute atomic E-state index is 12.1. The van der Waals surface area contributed by atoms with Gasteiger partial charge in [0, 0.05) is 33.4 Å². The van der Waals surface area contributed by atoms with Crippen molar-refractivity contribution in [2.45, 2.75) is 26.8 Å². The van der Waals surface area contributed by atoms with Crippen LogP contribution in [0.5, 0.6) is 11.5 Å². The topological polar surface area (TPSA) is 60.0 Å². The van der Waals surface area contributed by atoms with Crippen LogP contribution in [0.1, 0.15) is 25.8 Å². The highest BCUT2D eigenvalue weighted by molar-refractivity contribution is 5.73. The van der Waals surface area contributed by atoms with E-state index in [9.17, 15) is 4.79 Å². The van der Waals surface area contributed by atoms with Gasteiger partial charge in [0.1, 0.15) is 13.2 Å². The molecule has 0 atom stereocenters. The first-order valence-electron chi connectivity index (χ1n) is 8.51. The average molecular weight is 336 g/mol. The number of nitrogens with one attached hydrogen (secondary N) is 1. The van der Waals surface area contributed by atoms with Gasteiger partial charge in [-0.15, -0.1) is 0 Å². The van der Waals surface area contributed by atoms with E-state index in [1.54, 1.807) is 11.9 Å². The van der Waals surface area contributed by atoms with Gasteiger partial charge in [-0.2, -0.15) is 0 Å². The zero-order chi connectivity index (χ0) is 17.4. The fourth-order valence-electron chi connectivity index (χ4n) is 2.36.